The van der Waals surface area contributed by atoms with Gasteiger partial charge < -0.3 is 0 Å². The molecule has 0 aliphatic carbocycles. The summed E-state index contributed by atoms with van der Waals surface area (Å²) in [5.74, 6) is 0. The van der Waals surface area contributed by atoms with Gasteiger partial charge in [-0.3, -0.25) is 0 Å². The summed E-state index contributed by atoms with van der Waals surface area (Å²) in [6, 6.07) is 0. The van der Waals surface area contributed by atoms with E-state index in [9.17, 15) is 0 Å². The van der Waals surface area contributed by atoms with Crippen LogP contribution in [0.5, 0.6) is 0 Å². The third-order valence-corrected chi connectivity index (χ3v) is 0. The van der Waals surface area contributed by atoms with Crippen molar-refractivity contribution in [2.75, 3.05) is 0 Å². The molecule has 0 atom stereocenters. The van der Waals surface area contributed by atoms with Crippen molar-refractivity contribution in [2.24, 2.45) is 0 Å². The van der Waals surface area contributed by atoms with E-state index in [4.69, 9.17) is 6.65 Å². The first-order valence-electron chi connectivity index (χ1n) is 0.408. The molecule has 0 aliphatic rings. The molecule has 0 saturated carbocycles. The second-order valence-electron chi connectivity index (χ2n) is 0.0833. The van der Waals surface area contributed by atoms with Crippen LogP contribution in [-0.4, -0.2) is 0 Å². The van der Waals surface area contributed by atoms with Gasteiger partial charge in [0.25, 0.3) is 0 Å². The van der Waals surface area contributed by atoms with E-state index < -0.39 is 19.1 Å². The molecule has 0 unspecified atom stereocenters. The molecule has 2 nitrogen and oxygen atoms in total. The van der Waals surface area contributed by atoms with Crippen LogP contribution in [0.15, 0.2) is 0 Å². The predicted octanol–water partition coefficient (Wildman–Crippen LogP) is 2.94. The van der Waals surface area contributed by atoms with Gasteiger partial charge in [-0.25, -0.2) is 0 Å². The van der Waals surface area contributed by atoms with Gasteiger partial charge in [0.2, 0.25) is 0 Å². The second-order valence-corrected chi connectivity index (χ2v) is 0.344. The first-order valence-corrected chi connectivity index (χ1v) is 1.68. The summed E-state index contributed by atoms with van der Waals surface area (Å²) in [7, 11) is 0. The Morgan fingerprint density at radius 2 is 0.625 bits per heavy atom. The standard InChI is InChI=1S/5CH4.2O.Ti/h5*1H4;;;. The second kappa shape index (κ2) is 169. The first-order chi connectivity index (χ1) is 1.41. The quantitative estimate of drug-likeness (QED) is 0.510. The molecule has 0 radical (unpaired) electrons. The van der Waals surface area contributed by atoms with Crippen molar-refractivity contribution < 1.29 is 25.7 Å². The summed E-state index contributed by atoms with van der Waals surface area (Å²) in [5, 5.41) is 0. The van der Waals surface area contributed by atoms with Crippen LogP contribution in [0.3, 0.4) is 0 Å². The zero-order valence-corrected chi connectivity index (χ0v) is 2.88. The molecule has 0 aromatic heterocycles. The minimum absolute atomic E-state index is 0. The molecule has 3 heteroatoms. The van der Waals surface area contributed by atoms with Crippen molar-refractivity contribution in [1.29, 1.82) is 0 Å². The average Bonchev–Trinajstić information content (AvgIpc) is 0.918. The van der Waals surface area contributed by atoms with Crippen molar-refractivity contribution in [1.82, 2.24) is 0 Å². The number of hydrogen-bond donors (Lipinski definition) is 0. The van der Waals surface area contributed by atoms with Gasteiger partial charge in [0, 0.05) is 0 Å². The molecule has 8 heavy (non-hydrogen) atoms. The Kier molecular flexibility index (Phi) is 1750. The van der Waals surface area contributed by atoms with E-state index in [1.165, 1.54) is 0 Å². The molecular formula is C5H20O2Ti. The predicted molar refractivity (Wildman–Crippen MR) is 35.0 cm³/mol. The van der Waals surface area contributed by atoms with E-state index in [-0.39, 0.29) is 37.1 Å². The van der Waals surface area contributed by atoms with Gasteiger partial charge in [0.1, 0.15) is 0 Å². The van der Waals surface area contributed by atoms with Gasteiger partial charge in [0.15, 0.2) is 0 Å². The number of hydrogen-bond acceptors (Lipinski definition) is 2. The van der Waals surface area contributed by atoms with Crippen LogP contribution in [0.25, 0.3) is 0 Å². The molecule has 56 valence electrons. The molecule has 0 aromatic rings. The fourth-order valence-electron chi connectivity index (χ4n) is 0. The van der Waals surface area contributed by atoms with Gasteiger partial charge in [-0.05, 0) is 0 Å². The zero-order chi connectivity index (χ0) is 2.71. The van der Waals surface area contributed by atoms with Gasteiger partial charge in [-0.15, -0.1) is 0 Å². The van der Waals surface area contributed by atoms with Crippen molar-refractivity contribution in [2.45, 2.75) is 37.1 Å². The SMILES string of the molecule is C.C.C.C.C.[O]=[Ti]=[O]. The molecule has 0 bridgehead atoms. The minimum atomic E-state index is -2.00. The fraction of sp³-hybridized carbons (Fsp3) is 1.00. The van der Waals surface area contributed by atoms with Crippen LogP contribution >= 0.6 is 0 Å². The Labute approximate surface area is 63.3 Å². The Bertz CT molecular complexity index is 31.4. The van der Waals surface area contributed by atoms with Crippen molar-refractivity contribution in [3.05, 3.63) is 0 Å². The van der Waals surface area contributed by atoms with Crippen LogP contribution in [-0.2, 0) is 25.7 Å². The van der Waals surface area contributed by atoms with E-state index in [0.29, 0.717) is 0 Å². The summed E-state index contributed by atoms with van der Waals surface area (Å²) in [6.07, 6.45) is 0. The molecule has 0 rings (SSSR count). The summed E-state index contributed by atoms with van der Waals surface area (Å²) in [5.41, 5.74) is 0. The summed E-state index contributed by atoms with van der Waals surface area (Å²) in [6.45, 7) is 0. The van der Waals surface area contributed by atoms with Crippen molar-refractivity contribution in [3.63, 3.8) is 0 Å². The number of rotatable bonds is 0. The van der Waals surface area contributed by atoms with Crippen LogP contribution in [0.1, 0.15) is 37.1 Å². The Balaban J connectivity index is -0.00000000200. The third-order valence-electron chi connectivity index (χ3n) is 0. The molecule has 0 aromatic carbocycles. The molecule has 0 N–H and O–H groups in total. The van der Waals surface area contributed by atoms with E-state index in [1.807, 2.05) is 0 Å². The summed E-state index contributed by atoms with van der Waals surface area (Å²) in [4.78, 5) is 0. The normalized spacial score (nSPS) is 1.00. The molecule has 0 aliphatic heterocycles. The first kappa shape index (κ1) is 83.0. The third kappa shape index (κ3) is 1810. The van der Waals surface area contributed by atoms with E-state index >= 15 is 0 Å². The maximum atomic E-state index is 8.50. The summed E-state index contributed by atoms with van der Waals surface area (Å²) >= 11 is -2.00. The molecule has 0 fully saturated rings. The molecule has 0 saturated heterocycles. The fourth-order valence-corrected chi connectivity index (χ4v) is 0. The Hall–Kier alpha value is 0.314. The topological polar surface area (TPSA) is 34.1 Å². The van der Waals surface area contributed by atoms with Crippen LogP contribution < -0.4 is 0 Å². The van der Waals surface area contributed by atoms with E-state index in [2.05, 4.69) is 0 Å². The summed E-state index contributed by atoms with van der Waals surface area (Å²) < 4.78 is 17.0. The van der Waals surface area contributed by atoms with Gasteiger partial charge in [-0.1, -0.05) is 37.1 Å². The van der Waals surface area contributed by atoms with Gasteiger partial charge in [0.05, 0.1) is 0 Å². The van der Waals surface area contributed by atoms with Crippen LogP contribution in [0.2, 0.25) is 0 Å². The zero-order valence-electron chi connectivity index (χ0n) is 1.32. The monoisotopic (exact) mass is 160 g/mol. The molecule has 0 spiro atoms. The van der Waals surface area contributed by atoms with Crippen molar-refractivity contribution >= 4 is 0 Å². The van der Waals surface area contributed by atoms with E-state index in [0.717, 1.165) is 0 Å². The van der Waals surface area contributed by atoms with Gasteiger partial charge in [-0.2, -0.15) is 0 Å². The van der Waals surface area contributed by atoms with Crippen LogP contribution in [0.4, 0.5) is 0 Å². The van der Waals surface area contributed by atoms with E-state index in [1.54, 1.807) is 0 Å². The average molecular weight is 160 g/mol. The molecule has 0 amide bonds. The maximum absolute atomic E-state index is 8.50. The van der Waals surface area contributed by atoms with Crippen LogP contribution in [0, 0.1) is 0 Å². The van der Waals surface area contributed by atoms with Gasteiger partial charge >= 0.3 is 25.7 Å². The van der Waals surface area contributed by atoms with Crippen molar-refractivity contribution in [3.8, 4) is 0 Å². The Morgan fingerprint density at radius 3 is 0.625 bits per heavy atom. The molecule has 0 heterocycles. The Morgan fingerprint density at radius 1 is 0.625 bits per heavy atom. The molecular weight excluding hydrogens is 140 g/mol.